The molecule has 2 amide bonds. The zero-order valence-corrected chi connectivity index (χ0v) is 11.4. The van der Waals surface area contributed by atoms with Crippen LogP contribution in [0.15, 0.2) is 30.3 Å². The van der Waals surface area contributed by atoms with Crippen molar-refractivity contribution in [2.75, 3.05) is 13.1 Å². The molecule has 0 aromatic heterocycles. The molecule has 1 aromatic rings. The third kappa shape index (κ3) is 7.21. The number of rotatable bonds is 7. The van der Waals surface area contributed by atoms with Gasteiger partial charge in [-0.1, -0.05) is 30.3 Å². The van der Waals surface area contributed by atoms with E-state index in [1.807, 2.05) is 44.2 Å². The summed E-state index contributed by atoms with van der Waals surface area (Å²) in [6.07, 6.45) is 0. The predicted octanol–water partition coefficient (Wildman–Crippen LogP) is 0.417. The van der Waals surface area contributed by atoms with Crippen LogP contribution >= 0.6 is 0 Å². The summed E-state index contributed by atoms with van der Waals surface area (Å²) in [6.45, 7) is 4.57. The van der Waals surface area contributed by atoms with Crippen molar-refractivity contribution in [2.45, 2.75) is 26.4 Å². The maximum atomic E-state index is 11.5. The second-order valence-corrected chi connectivity index (χ2v) is 4.59. The van der Waals surface area contributed by atoms with Gasteiger partial charge in [-0.05, 0) is 19.4 Å². The van der Waals surface area contributed by atoms with Gasteiger partial charge >= 0.3 is 0 Å². The van der Waals surface area contributed by atoms with Gasteiger partial charge in [-0.25, -0.2) is 0 Å². The van der Waals surface area contributed by atoms with Gasteiger partial charge in [0, 0.05) is 12.6 Å². The Morgan fingerprint density at radius 3 is 2.32 bits per heavy atom. The average molecular weight is 263 g/mol. The molecule has 1 rings (SSSR count). The second-order valence-electron chi connectivity index (χ2n) is 4.59. The van der Waals surface area contributed by atoms with Gasteiger partial charge in [0.15, 0.2) is 0 Å². The Hall–Kier alpha value is -1.88. The third-order valence-electron chi connectivity index (χ3n) is 2.35. The minimum atomic E-state index is -0.124. The van der Waals surface area contributed by atoms with Crippen molar-refractivity contribution in [1.82, 2.24) is 16.0 Å². The smallest absolute Gasteiger partial charge is 0.234 e. The minimum absolute atomic E-state index is 0.106. The summed E-state index contributed by atoms with van der Waals surface area (Å²) >= 11 is 0. The third-order valence-corrected chi connectivity index (χ3v) is 2.35. The monoisotopic (exact) mass is 263 g/mol. The predicted molar refractivity (Wildman–Crippen MR) is 74.4 cm³/mol. The van der Waals surface area contributed by atoms with Crippen LogP contribution in [0.25, 0.3) is 0 Å². The molecule has 0 heterocycles. The first-order chi connectivity index (χ1) is 9.08. The highest BCUT2D eigenvalue weighted by Gasteiger charge is 2.04. The summed E-state index contributed by atoms with van der Waals surface area (Å²) in [7, 11) is 0. The lowest BCUT2D eigenvalue weighted by Crippen LogP contribution is -2.41. The molecule has 19 heavy (non-hydrogen) atoms. The van der Waals surface area contributed by atoms with Crippen LogP contribution in [-0.2, 0) is 16.1 Å². The summed E-state index contributed by atoms with van der Waals surface area (Å²) in [5, 5.41) is 8.32. The first kappa shape index (κ1) is 15.2. The topological polar surface area (TPSA) is 70.2 Å². The fourth-order valence-corrected chi connectivity index (χ4v) is 1.52. The van der Waals surface area contributed by atoms with E-state index in [1.165, 1.54) is 0 Å². The summed E-state index contributed by atoms with van der Waals surface area (Å²) in [5.74, 6) is -0.230. The highest BCUT2D eigenvalue weighted by Crippen LogP contribution is 1.96. The number of amides is 2. The number of hydrogen-bond donors (Lipinski definition) is 3. The van der Waals surface area contributed by atoms with E-state index in [1.54, 1.807) is 0 Å². The number of hydrogen-bond acceptors (Lipinski definition) is 3. The van der Waals surface area contributed by atoms with Gasteiger partial charge in [-0.2, -0.15) is 0 Å². The van der Waals surface area contributed by atoms with Crippen molar-refractivity contribution in [3.8, 4) is 0 Å². The van der Waals surface area contributed by atoms with Crippen molar-refractivity contribution in [1.29, 1.82) is 0 Å². The highest BCUT2D eigenvalue weighted by atomic mass is 16.2. The van der Waals surface area contributed by atoms with Gasteiger partial charge in [0.1, 0.15) is 0 Å². The van der Waals surface area contributed by atoms with Gasteiger partial charge in [0.05, 0.1) is 13.1 Å². The molecule has 0 aliphatic carbocycles. The van der Waals surface area contributed by atoms with E-state index < -0.39 is 0 Å². The molecule has 0 saturated heterocycles. The molecule has 0 unspecified atom stereocenters. The van der Waals surface area contributed by atoms with E-state index in [0.717, 1.165) is 5.56 Å². The molecule has 5 nitrogen and oxygen atoms in total. The molecule has 5 heteroatoms. The Balaban J connectivity index is 2.13. The Morgan fingerprint density at radius 2 is 1.68 bits per heavy atom. The number of carbonyl (C=O) groups is 2. The van der Waals surface area contributed by atoms with Crippen LogP contribution in [0.3, 0.4) is 0 Å². The Bertz CT molecular complexity index is 404. The van der Waals surface area contributed by atoms with Crippen molar-refractivity contribution in [3.05, 3.63) is 35.9 Å². The molecule has 0 spiro atoms. The summed E-state index contributed by atoms with van der Waals surface area (Å²) in [6, 6.07) is 9.79. The molecule has 0 atom stereocenters. The van der Waals surface area contributed by atoms with Crippen molar-refractivity contribution >= 4 is 11.8 Å². The summed E-state index contributed by atoms with van der Waals surface area (Å²) in [5.41, 5.74) is 1.05. The quantitative estimate of drug-likeness (QED) is 0.667. The Kier molecular flexibility index (Phi) is 6.60. The first-order valence-electron chi connectivity index (χ1n) is 6.38. The Morgan fingerprint density at radius 1 is 1.05 bits per heavy atom. The minimum Gasteiger partial charge on any atom is -0.353 e. The second kappa shape index (κ2) is 8.26. The Labute approximate surface area is 113 Å². The van der Waals surface area contributed by atoms with Crippen molar-refractivity contribution < 1.29 is 9.59 Å². The van der Waals surface area contributed by atoms with Gasteiger partial charge < -0.3 is 10.6 Å². The van der Waals surface area contributed by atoms with Gasteiger partial charge in [-0.3, -0.25) is 14.9 Å². The van der Waals surface area contributed by atoms with Crippen LogP contribution in [0.2, 0.25) is 0 Å². The number of nitrogens with one attached hydrogen (secondary N) is 3. The van der Waals surface area contributed by atoms with Crippen molar-refractivity contribution in [2.24, 2.45) is 0 Å². The molecule has 0 saturated carbocycles. The molecular formula is C14H21N3O2. The van der Waals surface area contributed by atoms with E-state index >= 15 is 0 Å². The zero-order valence-electron chi connectivity index (χ0n) is 11.4. The van der Waals surface area contributed by atoms with E-state index in [-0.39, 0.29) is 30.9 Å². The van der Waals surface area contributed by atoms with Crippen LogP contribution < -0.4 is 16.0 Å². The van der Waals surface area contributed by atoms with Crippen LogP contribution in [-0.4, -0.2) is 30.9 Å². The standard InChI is InChI=1S/C14H21N3O2/c1-11(2)17-14(19)10-15-9-13(18)16-8-12-6-4-3-5-7-12/h3-7,11,15H,8-10H2,1-2H3,(H,16,18)(H,17,19). The van der Waals surface area contributed by atoms with Crippen LogP contribution in [0.4, 0.5) is 0 Å². The maximum absolute atomic E-state index is 11.5. The average Bonchev–Trinajstić information content (AvgIpc) is 2.36. The molecule has 0 radical (unpaired) electrons. The molecule has 3 N–H and O–H groups in total. The largest absolute Gasteiger partial charge is 0.353 e. The van der Waals surface area contributed by atoms with Crippen LogP contribution in [0, 0.1) is 0 Å². The lowest BCUT2D eigenvalue weighted by atomic mass is 10.2. The van der Waals surface area contributed by atoms with Gasteiger partial charge in [-0.15, -0.1) is 0 Å². The molecule has 0 bridgehead atoms. The van der Waals surface area contributed by atoms with Gasteiger partial charge in [0.2, 0.25) is 11.8 Å². The van der Waals surface area contributed by atoms with E-state index in [9.17, 15) is 9.59 Å². The summed E-state index contributed by atoms with van der Waals surface area (Å²) < 4.78 is 0. The normalized spacial score (nSPS) is 10.3. The molecule has 0 aliphatic rings. The molecule has 0 aliphatic heterocycles. The lowest BCUT2D eigenvalue weighted by molar-refractivity contribution is -0.121. The summed E-state index contributed by atoms with van der Waals surface area (Å²) in [4.78, 5) is 22.8. The van der Waals surface area contributed by atoms with E-state index in [2.05, 4.69) is 16.0 Å². The maximum Gasteiger partial charge on any atom is 0.234 e. The van der Waals surface area contributed by atoms with Gasteiger partial charge in [0.25, 0.3) is 0 Å². The number of benzene rings is 1. The molecular weight excluding hydrogens is 242 g/mol. The SMILES string of the molecule is CC(C)NC(=O)CNCC(=O)NCc1ccccc1. The fourth-order valence-electron chi connectivity index (χ4n) is 1.52. The van der Waals surface area contributed by atoms with E-state index in [0.29, 0.717) is 6.54 Å². The zero-order chi connectivity index (χ0) is 14.1. The number of carbonyl (C=O) groups excluding carboxylic acids is 2. The lowest BCUT2D eigenvalue weighted by Gasteiger charge is -2.09. The van der Waals surface area contributed by atoms with E-state index in [4.69, 9.17) is 0 Å². The van der Waals surface area contributed by atoms with Crippen LogP contribution in [0.5, 0.6) is 0 Å². The molecule has 0 fully saturated rings. The fraction of sp³-hybridized carbons (Fsp3) is 0.429. The van der Waals surface area contributed by atoms with Crippen LogP contribution in [0.1, 0.15) is 19.4 Å². The molecule has 1 aromatic carbocycles. The van der Waals surface area contributed by atoms with Crippen molar-refractivity contribution in [3.63, 3.8) is 0 Å². The molecule has 104 valence electrons. The highest BCUT2D eigenvalue weighted by molar-refractivity contribution is 5.81. The first-order valence-corrected chi connectivity index (χ1v) is 6.38.